The van der Waals surface area contributed by atoms with Gasteiger partial charge in [0.05, 0.1) is 5.41 Å². The first-order valence-electron chi connectivity index (χ1n) is 11.5. The van der Waals surface area contributed by atoms with E-state index in [-0.39, 0.29) is 30.6 Å². The average molecular weight is 476 g/mol. The Hall–Kier alpha value is -4.14. The number of fused-ring (bicyclic) bond motifs is 3. The molecule has 0 radical (unpaired) electrons. The van der Waals surface area contributed by atoms with Crippen LogP contribution in [0.5, 0.6) is 0 Å². The van der Waals surface area contributed by atoms with E-state index in [1.807, 2.05) is 36.4 Å². The number of carboxylic acid groups (broad SMARTS) is 1. The minimum Gasteiger partial charge on any atom is -0.481 e. The topological polar surface area (TPSA) is 122 Å². The van der Waals surface area contributed by atoms with E-state index in [1.165, 1.54) is 11.0 Å². The van der Waals surface area contributed by atoms with Gasteiger partial charge in [-0.1, -0.05) is 60.6 Å². The molecular weight excluding hydrogens is 450 g/mol. The lowest BCUT2D eigenvalue weighted by atomic mass is 9.84. The SMILES string of the molecule is CCC1(C(=O)O)CCN(C(=O)c2cc(NC(=O)OCC3c4ccccc4-c4ccccc43)on2)C1. The van der Waals surface area contributed by atoms with Gasteiger partial charge in [0, 0.05) is 25.1 Å². The number of nitrogens with one attached hydrogen (secondary N) is 1. The molecular formula is C26H25N3O6. The summed E-state index contributed by atoms with van der Waals surface area (Å²) in [7, 11) is 0. The minimum atomic E-state index is -0.943. The summed E-state index contributed by atoms with van der Waals surface area (Å²) in [6.45, 7) is 2.37. The number of ether oxygens (including phenoxy) is 1. The zero-order valence-corrected chi connectivity index (χ0v) is 19.2. The first-order chi connectivity index (χ1) is 16.9. The van der Waals surface area contributed by atoms with Crippen molar-refractivity contribution in [2.45, 2.75) is 25.7 Å². The van der Waals surface area contributed by atoms with Crippen molar-refractivity contribution in [3.05, 3.63) is 71.4 Å². The highest BCUT2D eigenvalue weighted by molar-refractivity contribution is 5.94. The molecule has 2 amide bonds. The van der Waals surface area contributed by atoms with Crippen LogP contribution in [-0.2, 0) is 9.53 Å². The maximum atomic E-state index is 12.8. The molecule has 3 aromatic rings. The summed E-state index contributed by atoms with van der Waals surface area (Å²) in [5.74, 6) is -1.45. The number of amides is 2. The van der Waals surface area contributed by atoms with Crippen LogP contribution in [0.15, 0.2) is 59.1 Å². The lowest BCUT2D eigenvalue weighted by Gasteiger charge is -2.22. The van der Waals surface area contributed by atoms with Crippen LogP contribution < -0.4 is 5.32 Å². The van der Waals surface area contributed by atoms with Crippen LogP contribution in [0.3, 0.4) is 0 Å². The van der Waals surface area contributed by atoms with E-state index >= 15 is 0 Å². The van der Waals surface area contributed by atoms with Crippen LogP contribution in [0.2, 0.25) is 0 Å². The second-order valence-electron chi connectivity index (χ2n) is 8.94. The molecule has 9 nitrogen and oxygen atoms in total. The smallest absolute Gasteiger partial charge is 0.414 e. The van der Waals surface area contributed by atoms with Crippen molar-refractivity contribution in [1.29, 1.82) is 0 Å². The number of carbonyl (C=O) groups is 3. The number of nitrogens with zero attached hydrogens (tertiary/aromatic N) is 2. The fraction of sp³-hybridized carbons (Fsp3) is 0.308. The second kappa shape index (κ2) is 8.90. The minimum absolute atomic E-state index is 0.00348. The van der Waals surface area contributed by atoms with Crippen LogP contribution in [0, 0.1) is 5.41 Å². The molecule has 35 heavy (non-hydrogen) atoms. The summed E-state index contributed by atoms with van der Waals surface area (Å²) in [4.78, 5) is 38.3. The third-order valence-corrected chi connectivity index (χ3v) is 7.07. The van der Waals surface area contributed by atoms with Crippen molar-refractivity contribution in [1.82, 2.24) is 10.1 Å². The quantitative estimate of drug-likeness (QED) is 0.543. The molecule has 1 aromatic heterocycles. The molecule has 1 saturated heterocycles. The molecule has 2 aliphatic rings. The third kappa shape index (κ3) is 4.03. The van der Waals surface area contributed by atoms with E-state index in [2.05, 4.69) is 22.6 Å². The maximum Gasteiger partial charge on any atom is 0.414 e. The number of anilines is 1. The second-order valence-corrected chi connectivity index (χ2v) is 8.94. The number of carbonyl (C=O) groups excluding carboxylic acids is 2. The molecule has 2 aromatic carbocycles. The number of carboxylic acids is 1. The van der Waals surface area contributed by atoms with Gasteiger partial charge in [0.15, 0.2) is 5.69 Å². The van der Waals surface area contributed by atoms with E-state index in [0.29, 0.717) is 19.4 Å². The van der Waals surface area contributed by atoms with E-state index in [0.717, 1.165) is 22.3 Å². The molecule has 0 saturated carbocycles. The zero-order valence-electron chi connectivity index (χ0n) is 19.2. The number of hydrogen-bond acceptors (Lipinski definition) is 6. The molecule has 5 rings (SSSR count). The molecule has 180 valence electrons. The van der Waals surface area contributed by atoms with Crippen molar-refractivity contribution in [2.75, 3.05) is 25.0 Å². The predicted octanol–water partition coefficient (Wildman–Crippen LogP) is 4.36. The van der Waals surface area contributed by atoms with Crippen molar-refractivity contribution in [3.63, 3.8) is 0 Å². The van der Waals surface area contributed by atoms with Crippen molar-refractivity contribution >= 4 is 23.9 Å². The Morgan fingerprint density at radius 2 is 1.80 bits per heavy atom. The van der Waals surface area contributed by atoms with E-state index in [1.54, 1.807) is 6.92 Å². The normalized spacial score (nSPS) is 18.7. The van der Waals surface area contributed by atoms with Gasteiger partial charge in [-0.15, -0.1) is 0 Å². The number of aliphatic carboxylic acids is 1. The fourth-order valence-corrected chi connectivity index (χ4v) is 4.99. The van der Waals surface area contributed by atoms with Gasteiger partial charge in [0.1, 0.15) is 6.61 Å². The molecule has 2 heterocycles. The summed E-state index contributed by atoms with van der Waals surface area (Å²) >= 11 is 0. The molecule has 9 heteroatoms. The molecule has 0 spiro atoms. The monoisotopic (exact) mass is 475 g/mol. The van der Waals surface area contributed by atoms with Crippen LogP contribution in [0.4, 0.5) is 10.7 Å². The molecule has 1 aliphatic heterocycles. The van der Waals surface area contributed by atoms with Crippen LogP contribution in [0.25, 0.3) is 11.1 Å². The predicted molar refractivity (Wildman–Crippen MR) is 126 cm³/mol. The Labute approximate surface area is 201 Å². The molecule has 1 unspecified atom stereocenters. The standard InChI is InChI=1S/C26H25N3O6/c1-2-26(24(31)32)11-12-29(15-26)23(30)21-13-22(35-28-21)27-25(33)34-14-20-18-9-5-3-7-16(18)17-8-4-6-10-19(17)20/h3-10,13,20H,2,11-12,14-15H2,1H3,(H,27,33)(H,31,32). The van der Waals surface area contributed by atoms with Gasteiger partial charge in [0.2, 0.25) is 5.88 Å². The molecule has 1 aliphatic carbocycles. The van der Waals surface area contributed by atoms with Gasteiger partial charge in [-0.2, -0.15) is 0 Å². The Bertz CT molecular complexity index is 1260. The van der Waals surface area contributed by atoms with Crippen LogP contribution in [0.1, 0.15) is 47.3 Å². The Balaban J connectivity index is 1.21. The summed E-state index contributed by atoms with van der Waals surface area (Å²) in [5.41, 5.74) is 3.52. The van der Waals surface area contributed by atoms with Crippen molar-refractivity contribution in [2.24, 2.45) is 5.41 Å². The van der Waals surface area contributed by atoms with E-state index in [4.69, 9.17) is 9.26 Å². The molecule has 1 atom stereocenters. The van der Waals surface area contributed by atoms with E-state index in [9.17, 15) is 19.5 Å². The van der Waals surface area contributed by atoms with Gasteiger partial charge in [-0.05, 0) is 35.1 Å². The lowest BCUT2D eigenvalue weighted by Crippen LogP contribution is -2.36. The highest BCUT2D eigenvalue weighted by Gasteiger charge is 2.45. The Morgan fingerprint density at radius 1 is 1.14 bits per heavy atom. The summed E-state index contributed by atoms with van der Waals surface area (Å²) in [6.07, 6.45) is 0.0892. The molecule has 0 bridgehead atoms. The number of rotatable bonds is 6. The first kappa shape index (κ1) is 22.6. The maximum absolute atomic E-state index is 12.8. The number of hydrogen-bond donors (Lipinski definition) is 2. The van der Waals surface area contributed by atoms with Gasteiger partial charge in [0.25, 0.3) is 5.91 Å². The van der Waals surface area contributed by atoms with Crippen molar-refractivity contribution < 1.29 is 28.8 Å². The highest BCUT2D eigenvalue weighted by atomic mass is 16.6. The summed E-state index contributed by atoms with van der Waals surface area (Å²) < 4.78 is 10.6. The highest BCUT2D eigenvalue weighted by Crippen LogP contribution is 2.44. The third-order valence-electron chi connectivity index (χ3n) is 7.07. The van der Waals surface area contributed by atoms with Crippen LogP contribution in [-0.4, -0.2) is 52.8 Å². The van der Waals surface area contributed by atoms with Crippen molar-refractivity contribution in [3.8, 4) is 11.1 Å². The average Bonchev–Trinajstić information content (AvgIpc) is 3.59. The first-order valence-corrected chi connectivity index (χ1v) is 11.5. The Kier molecular flexibility index (Phi) is 5.76. The number of likely N-dealkylation sites (tertiary alicyclic amines) is 1. The number of aromatic nitrogens is 1. The van der Waals surface area contributed by atoms with Gasteiger partial charge in [-0.25, -0.2) is 4.79 Å². The lowest BCUT2D eigenvalue weighted by molar-refractivity contribution is -0.148. The van der Waals surface area contributed by atoms with Gasteiger partial charge in [-0.3, -0.25) is 14.9 Å². The van der Waals surface area contributed by atoms with Crippen LogP contribution >= 0.6 is 0 Å². The van der Waals surface area contributed by atoms with E-state index < -0.39 is 23.4 Å². The zero-order chi connectivity index (χ0) is 24.6. The van der Waals surface area contributed by atoms with Gasteiger partial charge < -0.3 is 19.3 Å². The molecule has 2 N–H and O–H groups in total. The number of benzene rings is 2. The summed E-state index contributed by atoms with van der Waals surface area (Å²) in [5, 5.41) is 15.8. The Morgan fingerprint density at radius 3 is 2.40 bits per heavy atom. The molecule has 1 fully saturated rings. The largest absolute Gasteiger partial charge is 0.481 e. The summed E-state index contributed by atoms with van der Waals surface area (Å²) in [6, 6.07) is 17.4. The fourth-order valence-electron chi connectivity index (χ4n) is 4.99. The van der Waals surface area contributed by atoms with Gasteiger partial charge >= 0.3 is 12.1 Å².